The van der Waals surface area contributed by atoms with Crippen molar-refractivity contribution in [1.29, 1.82) is 0 Å². The van der Waals surface area contributed by atoms with Crippen molar-refractivity contribution in [3.8, 4) is 0 Å². The zero-order valence-corrected chi connectivity index (χ0v) is 17.3. The van der Waals surface area contributed by atoms with Gasteiger partial charge in [-0.3, -0.25) is 9.78 Å². The van der Waals surface area contributed by atoms with Gasteiger partial charge in [-0.1, -0.05) is 26.8 Å². The molecule has 0 unspecified atom stereocenters. The molecule has 1 N–H and O–H groups in total. The zero-order chi connectivity index (χ0) is 19.4. The number of pyridine rings is 1. The lowest BCUT2D eigenvalue weighted by Gasteiger charge is -2.55. The zero-order valence-electron chi connectivity index (χ0n) is 17.3. The number of amides is 1. The first kappa shape index (κ1) is 18.9. The van der Waals surface area contributed by atoms with Crippen LogP contribution in [0.2, 0.25) is 0 Å². The molecule has 1 aromatic heterocycles. The van der Waals surface area contributed by atoms with E-state index in [4.69, 9.17) is 4.98 Å². The number of carbonyl (C=O) groups is 1. The van der Waals surface area contributed by atoms with Crippen LogP contribution in [0.3, 0.4) is 0 Å². The van der Waals surface area contributed by atoms with Gasteiger partial charge in [-0.05, 0) is 57.6 Å². The van der Waals surface area contributed by atoms with E-state index in [1.54, 1.807) is 0 Å². The van der Waals surface area contributed by atoms with E-state index in [2.05, 4.69) is 39.0 Å². The Morgan fingerprint density at radius 1 is 1.19 bits per heavy atom. The highest BCUT2D eigenvalue weighted by Crippen LogP contribution is 2.49. The first-order valence-electron chi connectivity index (χ1n) is 10.6. The van der Waals surface area contributed by atoms with E-state index in [1.165, 1.54) is 37.1 Å². The summed E-state index contributed by atoms with van der Waals surface area (Å²) in [6.07, 6.45) is 6.03. The van der Waals surface area contributed by atoms with Crippen molar-refractivity contribution in [2.45, 2.75) is 83.2 Å². The minimum atomic E-state index is -0.616. The van der Waals surface area contributed by atoms with E-state index in [0.717, 1.165) is 13.1 Å². The fraction of sp³-hybridized carbons (Fsp3) is 0.739. The van der Waals surface area contributed by atoms with Gasteiger partial charge < -0.3 is 10.0 Å². The van der Waals surface area contributed by atoms with Crippen LogP contribution in [-0.2, 0) is 10.2 Å². The molecule has 0 aromatic carbocycles. The van der Waals surface area contributed by atoms with Gasteiger partial charge in [-0.25, -0.2) is 0 Å². The third kappa shape index (κ3) is 3.65. The quantitative estimate of drug-likeness (QED) is 0.855. The molecule has 0 radical (unpaired) electrons. The molecule has 4 nitrogen and oxygen atoms in total. The molecule has 3 fully saturated rings. The molecule has 148 valence electrons. The monoisotopic (exact) mass is 370 g/mol. The molecule has 0 bridgehead atoms. The molecule has 1 amide bonds. The predicted molar refractivity (Wildman–Crippen MR) is 107 cm³/mol. The third-order valence-corrected chi connectivity index (χ3v) is 7.09. The van der Waals surface area contributed by atoms with Crippen molar-refractivity contribution in [2.24, 2.45) is 11.3 Å². The SMILES string of the molecule is CC1(O)CC(C(=O)N2CC3(CCC(c4cccc(C(C)(C)C)n4)CC3)C2)C1. The number of carbonyl (C=O) groups excluding carboxylic acids is 1. The summed E-state index contributed by atoms with van der Waals surface area (Å²) in [5, 5.41) is 9.88. The molecule has 4 heteroatoms. The maximum Gasteiger partial charge on any atom is 0.225 e. The van der Waals surface area contributed by atoms with Crippen LogP contribution < -0.4 is 0 Å². The Balaban J connectivity index is 1.31. The Kier molecular flexibility index (Phi) is 4.41. The van der Waals surface area contributed by atoms with Crippen molar-refractivity contribution in [2.75, 3.05) is 13.1 Å². The molecular weight excluding hydrogens is 336 g/mol. The summed E-state index contributed by atoms with van der Waals surface area (Å²) in [5.74, 6) is 0.885. The number of aromatic nitrogens is 1. The maximum atomic E-state index is 12.5. The second-order valence-corrected chi connectivity index (χ2v) is 10.8. The summed E-state index contributed by atoms with van der Waals surface area (Å²) in [5.41, 5.74) is 2.25. The first-order valence-corrected chi connectivity index (χ1v) is 10.6. The summed E-state index contributed by atoms with van der Waals surface area (Å²) >= 11 is 0. The largest absolute Gasteiger partial charge is 0.390 e. The van der Waals surface area contributed by atoms with Crippen molar-refractivity contribution in [1.82, 2.24) is 9.88 Å². The van der Waals surface area contributed by atoms with Crippen LogP contribution in [0, 0.1) is 11.3 Å². The number of hydrogen-bond donors (Lipinski definition) is 1. The van der Waals surface area contributed by atoms with Crippen LogP contribution in [0.15, 0.2) is 18.2 Å². The minimum Gasteiger partial charge on any atom is -0.390 e. The number of likely N-dealkylation sites (tertiary alicyclic amines) is 1. The Morgan fingerprint density at radius 3 is 2.37 bits per heavy atom. The van der Waals surface area contributed by atoms with Gasteiger partial charge in [0.05, 0.1) is 5.60 Å². The Bertz CT molecular complexity index is 710. The van der Waals surface area contributed by atoms with E-state index in [9.17, 15) is 9.90 Å². The van der Waals surface area contributed by atoms with Crippen LogP contribution in [0.5, 0.6) is 0 Å². The number of nitrogens with zero attached hydrogens (tertiary/aromatic N) is 2. The van der Waals surface area contributed by atoms with Crippen molar-refractivity contribution >= 4 is 5.91 Å². The van der Waals surface area contributed by atoms with Gasteiger partial charge in [0.15, 0.2) is 0 Å². The molecule has 2 aliphatic carbocycles. The second-order valence-electron chi connectivity index (χ2n) is 10.8. The third-order valence-electron chi connectivity index (χ3n) is 7.09. The fourth-order valence-corrected chi connectivity index (χ4v) is 5.29. The van der Waals surface area contributed by atoms with Gasteiger partial charge in [-0.2, -0.15) is 0 Å². The molecule has 3 aliphatic rings. The first-order chi connectivity index (χ1) is 12.6. The molecule has 1 aliphatic heterocycles. The maximum absolute atomic E-state index is 12.5. The Labute approximate surface area is 163 Å². The smallest absolute Gasteiger partial charge is 0.225 e. The van der Waals surface area contributed by atoms with Crippen LogP contribution in [0.1, 0.15) is 83.5 Å². The highest BCUT2D eigenvalue weighted by atomic mass is 16.3. The molecule has 27 heavy (non-hydrogen) atoms. The van der Waals surface area contributed by atoms with Gasteiger partial charge in [0, 0.05) is 47.1 Å². The lowest BCUT2D eigenvalue weighted by atomic mass is 9.64. The molecule has 1 spiro atoms. The topological polar surface area (TPSA) is 53.4 Å². The summed E-state index contributed by atoms with van der Waals surface area (Å²) in [6.45, 7) is 10.3. The molecular formula is C23H34N2O2. The predicted octanol–water partition coefficient (Wildman–Crippen LogP) is 4.03. The van der Waals surface area contributed by atoms with Gasteiger partial charge in [-0.15, -0.1) is 0 Å². The van der Waals surface area contributed by atoms with Crippen LogP contribution >= 0.6 is 0 Å². The molecule has 1 aromatic rings. The van der Waals surface area contributed by atoms with Crippen LogP contribution in [0.4, 0.5) is 0 Å². The average Bonchev–Trinajstić information content (AvgIpc) is 2.56. The van der Waals surface area contributed by atoms with E-state index in [1.807, 2.05) is 11.8 Å². The fourth-order valence-electron chi connectivity index (χ4n) is 5.29. The van der Waals surface area contributed by atoms with Gasteiger partial charge in [0.25, 0.3) is 0 Å². The van der Waals surface area contributed by atoms with Crippen molar-refractivity contribution in [3.63, 3.8) is 0 Å². The second kappa shape index (κ2) is 6.30. The molecule has 0 atom stereocenters. The lowest BCUT2D eigenvalue weighted by molar-refractivity contribution is -0.163. The minimum absolute atomic E-state index is 0.0537. The molecule has 2 heterocycles. The van der Waals surface area contributed by atoms with Crippen molar-refractivity contribution in [3.05, 3.63) is 29.6 Å². The Morgan fingerprint density at radius 2 is 1.81 bits per heavy atom. The van der Waals surface area contributed by atoms with Gasteiger partial charge in [0.2, 0.25) is 5.91 Å². The van der Waals surface area contributed by atoms with E-state index >= 15 is 0 Å². The number of aliphatic hydroxyl groups is 1. The number of hydrogen-bond acceptors (Lipinski definition) is 3. The lowest BCUT2D eigenvalue weighted by Crippen LogP contribution is -2.62. The van der Waals surface area contributed by atoms with E-state index in [-0.39, 0.29) is 17.2 Å². The standard InChI is InChI=1S/C23H34N2O2/c1-21(2,3)19-7-5-6-18(24-19)16-8-10-23(11-9-16)14-25(15-23)20(26)17-12-22(4,27)13-17/h5-7,16-17,27H,8-15H2,1-4H3. The highest BCUT2D eigenvalue weighted by Gasteiger charge is 2.51. The van der Waals surface area contributed by atoms with Gasteiger partial charge in [0.1, 0.15) is 0 Å². The van der Waals surface area contributed by atoms with Crippen LogP contribution in [-0.4, -0.2) is 39.6 Å². The molecule has 2 saturated carbocycles. The molecule has 4 rings (SSSR count). The van der Waals surface area contributed by atoms with Gasteiger partial charge >= 0.3 is 0 Å². The summed E-state index contributed by atoms with van der Waals surface area (Å²) in [6, 6.07) is 6.49. The summed E-state index contributed by atoms with van der Waals surface area (Å²) in [4.78, 5) is 19.6. The Hall–Kier alpha value is -1.42. The number of rotatable bonds is 2. The van der Waals surface area contributed by atoms with Crippen LogP contribution in [0.25, 0.3) is 0 Å². The van der Waals surface area contributed by atoms with E-state index < -0.39 is 5.60 Å². The van der Waals surface area contributed by atoms with Crippen molar-refractivity contribution < 1.29 is 9.90 Å². The highest BCUT2D eigenvalue weighted by molar-refractivity contribution is 5.81. The average molecular weight is 371 g/mol. The summed E-state index contributed by atoms with van der Waals surface area (Å²) in [7, 11) is 0. The molecule has 1 saturated heterocycles. The summed E-state index contributed by atoms with van der Waals surface area (Å²) < 4.78 is 0. The normalized spacial score (nSPS) is 30.7. The van der Waals surface area contributed by atoms with E-state index in [0.29, 0.717) is 24.2 Å².